The molecule has 11 aromatic rings. The van der Waals surface area contributed by atoms with Gasteiger partial charge in [0.15, 0.2) is 0 Å². The zero-order valence-corrected chi connectivity index (χ0v) is 28.8. The van der Waals surface area contributed by atoms with Gasteiger partial charge in [-0.2, -0.15) is 0 Å². The molecule has 51 heavy (non-hydrogen) atoms. The first-order valence-electron chi connectivity index (χ1n) is 16.9. The Hall–Kier alpha value is -6.40. The molecule has 0 fully saturated rings. The van der Waals surface area contributed by atoms with E-state index in [1.54, 1.807) is 0 Å². The second-order valence-electron chi connectivity index (χ2n) is 12.8. The Morgan fingerprint density at radius 1 is 0.412 bits per heavy atom. The summed E-state index contributed by atoms with van der Waals surface area (Å²) in [5, 5.41) is 15.2. The number of para-hydroxylation sites is 4. The summed E-state index contributed by atoms with van der Waals surface area (Å²) in [6.07, 6.45) is 1.99. The predicted octanol–water partition coefficient (Wildman–Crippen LogP) is 10.2. The first kappa shape index (κ1) is 28.4. The number of hydrogen-bond donors (Lipinski definition) is 0. The molecular weight excluding hydrogens is 691 g/mol. The summed E-state index contributed by atoms with van der Waals surface area (Å²) < 4.78 is 6.63. The van der Waals surface area contributed by atoms with Crippen LogP contribution in [0.25, 0.3) is 97.2 Å². The number of nitrogens with zero attached hydrogens (tertiary/aromatic N) is 6. The number of aromatic nitrogens is 6. The van der Waals surface area contributed by atoms with Gasteiger partial charge < -0.3 is 0 Å². The van der Waals surface area contributed by atoms with E-state index in [1.807, 2.05) is 6.20 Å². The summed E-state index contributed by atoms with van der Waals surface area (Å²) in [6, 6.07) is 53.7. The number of hydrogen-bond acceptors (Lipinski definition) is 4. The van der Waals surface area contributed by atoms with Gasteiger partial charge >= 0.3 is 287 Å². The van der Waals surface area contributed by atoms with Crippen molar-refractivity contribution in [2.24, 2.45) is 0 Å². The monoisotopic (exact) mass is 718 g/mol. The van der Waals surface area contributed by atoms with Crippen molar-refractivity contribution in [2.45, 2.75) is 0 Å². The van der Waals surface area contributed by atoms with E-state index < -0.39 is 0 Å². The summed E-state index contributed by atoms with van der Waals surface area (Å²) in [4.78, 5) is 10.1. The van der Waals surface area contributed by atoms with E-state index in [0.29, 0.717) is 5.82 Å². The molecule has 0 spiro atoms. The van der Waals surface area contributed by atoms with Gasteiger partial charge in [-0.1, -0.05) is 12.1 Å². The minimum atomic E-state index is -0.0537. The molecule has 0 saturated heterocycles. The van der Waals surface area contributed by atoms with Crippen LogP contribution in [-0.2, 0) is 0 Å². The van der Waals surface area contributed by atoms with E-state index in [9.17, 15) is 0 Å². The predicted molar refractivity (Wildman–Crippen MR) is 209 cm³/mol. The molecule has 0 radical (unpaired) electrons. The van der Waals surface area contributed by atoms with Crippen LogP contribution in [0.5, 0.6) is 0 Å². The molecule has 0 aliphatic heterocycles. The molecule has 11 rings (SSSR count). The Balaban J connectivity index is 1.04. The first-order chi connectivity index (χ1) is 25.3. The van der Waals surface area contributed by atoms with Crippen molar-refractivity contribution >= 4 is 77.8 Å². The Labute approximate surface area is 297 Å². The van der Waals surface area contributed by atoms with Gasteiger partial charge in [-0.25, -0.2) is 0 Å². The summed E-state index contributed by atoms with van der Waals surface area (Å²) in [7, 11) is 0. The average Bonchev–Trinajstić information content (AvgIpc) is 3.85. The van der Waals surface area contributed by atoms with Crippen molar-refractivity contribution in [1.29, 1.82) is 0 Å². The molecule has 0 atom stereocenters. The van der Waals surface area contributed by atoms with Crippen molar-refractivity contribution in [3.05, 3.63) is 158 Å². The fourth-order valence-electron chi connectivity index (χ4n) is 7.61. The normalized spacial score (nSPS) is 11.9. The van der Waals surface area contributed by atoms with Crippen molar-refractivity contribution in [3.63, 3.8) is 0 Å². The topological polar surface area (TPSA) is 61.4 Å². The first-order valence-corrected chi connectivity index (χ1v) is 18.6. The third-order valence-corrected chi connectivity index (χ3v) is 12.0. The quantitative estimate of drug-likeness (QED) is 0.170. The summed E-state index contributed by atoms with van der Waals surface area (Å²) in [5.74, 6) is 0.622. The Morgan fingerprint density at radius 2 is 0.941 bits per heavy atom. The van der Waals surface area contributed by atoms with E-state index in [1.165, 1.54) is 32.7 Å². The van der Waals surface area contributed by atoms with Gasteiger partial charge in [-0.05, 0) is 0 Å². The second kappa shape index (κ2) is 11.1. The number of rotatable bonds is 4. The van der Waals surface area contributed by atoms with Gasteiger partial charge in [0, 0.05) is 0 Å². The average molecular weight is 718 g/mol. The van der Waals surface area contributed by atoms with Crippen molar-refractivity contribution in [2.75, 3.05) is 0 Å². The minimum absolute atomic E-state index is 0.0537. The number of pyridine rings is 1. The molecule has 238 valence electrons. The third kappa shape index (κ3) is 4.36. The zero-order valence-electron chi connectivity index (χ0n) is 27.1. The van der Waals surface area contributed by atoms with Crippen LogP contribution in [0.4, 0.5) is 0 Å². The van der Waals surface area contributed by atoms with Crippen LogP contribution >= 0.6 is 0 Å². The number of benzene rings is 6. The standard InChI is InChI=1S/C44H26N6Se/c1-3-11-30(12-4-1)49-37-17-9-7-15-32(37)34-23-27(19-21-39(34)49)29-25-36-41-44(51-43(36)45-26-29)48-47-42(46-41)28-20-22-40-35(24-28)33-16-8-10-18-38(33)50(40)31-13-5-2-6-14-31/h1-26H. The van der Waals surface area contributed by atoms with Crippen LogP contribution in [0.1, 0.15) is 0 Å². The molecular formula is C44H26N6Se. The maximum atomic E-state index is 5.17. The molecule has 0 N–H and O–H groups in total. The van der Waals surface area contributed by atoms with E-state index in [0.717, 1.165) is 58.7 Å². The van der Waals surface area contributed by atoms with Gasteiger partial charge in [0.1, 0.15) is 0 Å². The molecule has 0 unspecified atom stereocenters. The maximum absolute atomic E-state index is 5.17. The van der Waals surface area contributed by atoms with Gasteiger partial charge in [0.05, 0.1) is 0 Å². The van der Waals surface area contributed by atoms with E-state index in [4.69, 9.17) is 15.1 Å². The SMILES string of the molecule is c1ccc(-n2c3ccccc3c3cc(-c4cnc5[se]c6nnc(-c7ccc8c(c7)c7ccccc7n8-c7ccccc7)nc6c5c4)ccc32)cc1. The molecule has 5 aromatic heterocycles. The fourth-order valence-corrected chi connectivity index (χ4v) is 9.47. The van der Waals surface area contributed by atoms with E-state index in [-0.39, 0.29) is 14.5 Å². The van der Waals surface area contributed by atoms with Crippen molar-refractivity contribution in [1.82, 2.24) is 29.3 Å². The van der Waals surface area contributed by atoms with Crippen LogP contribution in [0, 0.1) is 0 Å². The Morgan fingerprint density at radius 3 is 1.59 bits per heavy atom. The van der Waals surface area contributed by atoms with Gasteiger partial charge in [0.25, 0.3) is 0 Å². The molecule has 6 nitrogen and oxygen atoms in total. The molecule has 0 bridgehead atoms. The molecule has 0 saturated carbocycles. The van der Waals surface area contributed by atoms with Gasteiger partial charge in [0.2, 0.25) is 0 Å². The molecule has 0 aliphatic carbocycles. The van der Waals surface area contributed by atoms with Crippen LogP contribution < -0.4 is 0 Å². The summed E-state index contributed by atoms with van der Waals surface area (Å²) in [5.41, 5.74) is 11.0. The molecule has 6 aromatic carbocycles. The summed E-state index contributed by atoms with van der Waals surface area (Å²) in [6.45, 7) is 0. The zero-order chi connectivity index (χ0) is 33.5. The van der Waals surface area contributed by atoms with Gasteiger partial charge in [-0.15, -0.1) is 0 Å². The Kier molecular flexibility index (Phi) is 6.16. The van der Waals surface area contributed by atoms with Crippen molar-refractivity contribution < 1.29 is 0 Å². The molecule has 0 amide bonds. The molecule has 7 heteroatoms. The third-order valence-electron chi connectivity index (χ3n) is 9.92. The molecule has 0 aliphatic rings. The van der Waals surface area contributed by atoms with Crippen LogP contribution in [0.2, 0.25) is 0 Å². The Bertz CT molecular complexity index is 2930. The van der Waals surface area contributed by atoms with Crippen LogP contribution in [0.3, 0.4) is 0 Å². The van der Waals surface area contributed by atoms with Crippen LogP contribution in [-0.4, -0.2) is 43.8 Å². The number of fused-ring (bicyclic) bond motifs is 9. The van der Waals surface area contributed by atoms with E-state index in [2.05, 4.69) is 166 Å². The summed E-state index contributed by atoms with van der Waals surface area (Å²) >= 11 is -0.0537. The van der Waals surface area contributed by atoms with Crippen molar-refractivity contribution in [3.8, 4) is 33.9 Å². The van der Waals surface area contributed by atoms with E-state index >= 15 is 0 Å². The molecule has 5 heterocycles. The second-order valence-corrected chi connectivity index (χ2v) is 14.9. The fraction of sp³-hybridized carbons (Fsp3) is 0. The van der Waals surface area contributed by atoms with Crippen LogP contribution in [0.15, 0.2) is 158 Å². The van der Waals surface area contributed by atoms with Gasteiger partial charge in [-0.3, -0.25) is 0 Å².